The first-order valence-electron chi connectivity index (χ1n) is 8.79. The van der Waals surface area contributed by atoms with E-state index < -0.39 is 29.5 Å². The number of carbonyl (C=O) groups excluding carboxylic acids is 2. The lowest BCUT2D eigenvalue weighted by Gasteiger charge is -2.28. The van der Waals surface area contributed by atoms with Gasteiger partial charge in [-0.15, -0.1) is 0 Å². The molecule has 0 bridgehead atoms. The minimum absolute atomic E-state index is 0.0669. The molecular weight excluding hydrogens is 390 g/mol. The topological polar surface area (TPSA) is 61.8 Å². The van der Waals surface area contributed by atoms with Gasteiger partial charge in [-0.1, -0.05) is 18.2 Å². The van der Waals surface area contributed by atoms with E-state index in [9.17, 15) is 27.2 Å². The molecule has 1 unspecified atom stereocenters. The van der Waals surface area contributed by atoms with Crippen LogP contribution in [-0.2, 0) is 15.8 Å². The van der Waals surface area contributed by atoms with Crippen molar-refractivity contribution in [3.8, 4) is 0 Å². The van der Waals surface area contributed by atoms with Gasteiger partial charge in [-0.25, -0.2) is 9.40 Å². The van der Waals surface area contributed by atoms with Gasteiger partial charge in [0.05, 0.1) is 11.3 Å². The highest BCUT2D eigenvalue weighted by molar-refractivity contribution is 6.05. The van der Waals surface area contributed by atoms with Gasteiger partial charge in [-0.3, -0.25) is 9.59 Å². The molecule has 1 aliphatic rings. The maximum Gasteiger partial charge on any atom is 0.416 e. The Bertz CT molecular complexity index is 955. The minimum Gasteiger partial charge on any atom is -0.324 e. The van der Waals surface area contributed by atoms with E-state index in [4.69, 9.17) is 0 Å². The normalized spacial score (nSPS) is 15.7. The fourth-order valence-corrected chi connectivity index (χ4v) is 2.86. The first-order chi connectivity index (χ1) is 13.6. The number of anilines is 1. The lowest BCUT2D eigenvalue weighted by atomic mass is 10.0. The van der Waals surface area contributed by atoms with Crippen LogP contribution in [0.15, 0.2) is 53.6 Å². The highest BCUT2D eigenvalue weighted by Gasteiger charge is 2.32. The number of hydrogen-bond donors (Lipinski definition) is 1. The highest BCUT2D eigenvalue weighted by atomic mass is 19.4. The summed E-state index contributed by atoms with van der Waals surface area (Å²) < 4.78 is 51.4. The predicted molar refractivity (Wildman–Crippen MR) is 98.6 cm³/mol. The van der Waals surface area contributed by atoms with Gasteiger partial charge in [-0.2, -0.15) is 18.3 Å². The molecule has 2 amide bonds. The molecule has 2 aromatic carbocycles. The number of nitrogens with zero attached hydrogens (tertiary/aromatic N) is 2. The average molecular weight is 407 g/mol. The second-order valence-corrected chi connectivity index (χ2v) is 6.54. The standard InChI is InChI=1S/C20H17F4N3O2/c1-12(19(29)25-16-4-2-3-15(21)11-16)27-18(28)10-9-17(26-27)13-5-7-14(8-6-13)20(22,23)24/h2-8,11-12H,9-10H2,1H3,(H,25,29). The molecule has 3 rings (SSSR count). The van der Waals surface area contributed by atoms with Gasteiger partial charge < -0.3 is 5.32 Å². The van der Waals surface area contributed by atoms with Gasteiger partial charge in [-0.05, 0) is 42.8 Å². The molecule has 0 radical (unpaired) electrons. The average Bonchev–Trinajstić information content (AvgIpc) is 2.67. The highest BCUT2D eigenvalue weighted by Crippen LogP contribution is 2.29. The summed E-state index contributed by atoms with van der Waals surface area (Å²) in [6.45, 7) is 1.46. The number of nitrogens with one attached hydrogen (secondary N) is 1. The molecule has 1 N–H and O–H groups in total. The van der Waals surface area contributed by atoms with Crippen LogP contribution in [0.4, 0.5) is 23.2 Å². The summed E-state index contributed by atoms with van der Waals surface area (Å²) in [5.74, 6) is -1.48. The zero-order chi connectivity index (χ0) is 21.2. The molecule has 2 aromatic rings. The summed E-state index contributed by atoms with van der Waals surface area (Å²) in [4.78, 5) is 24.7. The van der Waals surface area contributed by atoms with E-state index in [1.165, 1.54) is 37.3 Å². The van der Waals surface area contributed by atoms with Crippen LogP contribution in [0.1, 0.15) is 30.9 Å². The van der Waals surface area contributed by atoms with Crippen LogP contribution >= 0.6 is 0 Å². The third-order valence-electron chi connectivity index (χ3n) is 4.44. The summed E-state index contributed by atoms with van der Waals surface area (Å²) in [7, 11) is 0. The second-order valence-electron chi connectivity index (χ2n) is 6.54. The molecule has 0 spiro atoms. The van der Waals surface area contributed by atoms with Crippen molar-refractivity contribution < 1.29 is 27.2 Å². The van der Waals surface area contributed by atoms with E-state index in [2.05, 4.69) is 10.4 Å². The largest absolute Gasteiger partial charge is 0.416 e. The van der Waals surface area contributed by atoms with Crippen molar-refractivity contribution in [3.05, 3.63) is 65.5 Å². The molecule has 0 fully saturated rings. The Labute approximate surface area is 164 Å². The minimum atomic E-state index is -4.45. The van der Waals surface area contributed by atoms with Crippen molar-refractivity contribution in [2.75, 3.05) is 5.32 Å². The summed E-state index contributed by atoms with van der Waals surface area (Å²) in [5.41, 5.74) is 0.295. The van der Waals surface area contributed by atoms with Crippen molar-refractivity contribution in [2.24, 2.45) is 5.10 Å². The Morgan fingerprint density at radius 1 is 1.14 bits per heavy atom. The van der Waals surface area contributed by atoms with Crippen LogP contribution in [0, 0.1) is 5.82 Å². The van der Waals surface area contributed by atoms with Crippen LogP contribution in [0.2, 0.25) is 0 Å². The van der Waals surface area contributed by atoms with Crippen LogP contribution in [-0.4, -0.2) is 28.6 Å². The summed E-state index contributed by atoms with van der Waals surface area (Å²) in [6, 6.07) is 8.77. The Kier molecular flexibility index (Phi) is 5.67. The lowest BCUT2D eigenvalue weighted by molar-refractivity contribution is -0.138. The van der Waals surface area contributed by atoms with Crippen LogP contribution in [0.3, 0.4) is 0 Å². The van der Waals surface area contributed by atoms with Crippen LogP contribution in [0.25, 0.3) is 0 Å². The van der Waals surface area contributed by atoms with Crippen molar-refractivity contribution in [2.45, 2.75) is 32.0 Å². The number of alkyl halides is 3. The number of carbonyl (C=O) groups is 2. The molecule has 29 heavy (non-hydrogen) atoms. The quantitative estimate of drug-likeness (QED) is 0.773. The van der Waals surface area contributed by atoms with E-state index in [0.29, 0.717) is 11.3 Å². The molecule has 1 heterocycles. The molecule has 0 saturated carbocycles. The predicted octanol–water partition coefficient (Wildman–Crippen LogP) is 4.20. The van der Waals surface area contributed by atoms with Crippen molar-refractivity contribution in [3.63, 3.8) is 0 Å². The second kappa shape index (κ2) is 8.02. The smallest absolute Gasteiger partial charge is 0.324 e. The lowest BCUT2D eigenvalue weighted by Crippen LogP contribution is -2.45. The van der Waals surface area contributed by atoms with Crippen molar-refractivity contribution >= 4 is 23.2 Å². The molecule has 5 nitrogen and oxygen atoms in total. The van der Waals surface area contributed by atoms with Gasteiger partial charge >= 0.3 is 6.18 Å². The maximum absolute atomic E-state index is 13.3. The van der Waals surface area contributed by atoms with Crippen molar-refractivity contribution in [1.82, 2.24) is 5.01 Å². The molecule has 9 heteroatoms. The molecule has 0 aromatic heterocycles. The Hall–Kier alpha value is -3.23. The van der Waals surface area contributed by atoms with E-state index in [0.717, 1.165) is 23.2 Å². The first-order valence-corrected chi connectivity index (χ1v) is 8.79. The molecular formula is C20H17F4N3O2. The van der Waals surface area contributed by atoms with Gasteiger partial charge in [0.1, 0.15) is 11.9 Å². The first kappa shape index (κ1) is 20.5. The van der Waals surface area contributed by atoms with Crippen LogP contribution in [0.5, 0.6) is 0 Å². The summed E-state index contributed by atoms with van der Waals surface area (Å²) >= 11 is 0. The van der Waals surface area contributed by atoms with E-state index in [1.54, 1.807) is 0 Å². The number of amides is 2. The zero-order valence-corrected chi connectivity index (χ0v) is 15.3. The van der Waals surface area contributed by atoms with Gasteiger partial charge in [0.2, 0.25) is 11.8 Å². The molecule has 0 saturated heterocycles. The molecule has 1 atom stereocenters. The maximum atomic E-state index is 13.3. The number of hydrogen-bond acceptors (Lipinski definition) is 3. The number of benzene rings is 2. The number of halogens is 4. The molecule has 152 valence electrons. The Balaban J connectivity index is 1.79. The molecule has 0 aliphatic carbocycles. The van der Waals surface area contributed by atoms with Gasteiger partial charge in [0.25, 0.3) is 0 Å². The zero-order valence-electron chi connectivity index (χ0n) is 15.3. The fraction of sp³-hybridized carbons (Fsp3) is 0.250. The SMILES string of the molecule is CC(C(=O)Nc1cccc(F)c1)N1N=C(c2ccc(C(F)(F)F)cc2)CCC1=O. The van der Waals surface area contributed by atoms with E-state index in [1.807, 2.05) is 0 Å². The fourth-order valence-electron chi connectivity index (χ4n) is 2.86. The number of rotatable bonds is 4. The Morgan fingerprint density at radius 3 is 2.45 bits per heavy atom. The third-order valence-corrected chi connectivity index (χ3v) is 4.44. The summed E-state index contributed by atoms with van der Waals surface area (Å²) in [5, 5.41) is 7.71. The molecule has 1 aliphatic heterocycles. The Morgan fingerprint density at radius 2 is 1.83 bits per heavy atom. The van der Waals surface area contributed by atoms with Gasteiger partial charge in [0.15, 0.2) is 0 Å². The van der Waals surface area contributed by atoms with E-state index >= 15 is 0 Å². The monoisotopic (exact) mass is 407 g/mol. The van der Waals surface area contributed by atoms with Crippen molar-refractivity contribution in [1.29, 1.82) is 0 Å². The van der Waals surface area contributed by atoms with E-state index in [-0.39, 0.29) is 24.4 Å². The third kappa shape index (κ3) is 4.79. The van der Waals surface area contributed by atoms with Crippen LogP contribution < -0.4 is 5.32 Å². The number of hydrazone groups is 1. The van der Waals surface area contributed by atoms with Gasteiger partial charge in [0, 0.05) is 18.5 Å². The summed E-state index contributed by atoms with van der Waals surface area (Å²) in [6.07, 6.45) is -4.13.